The van der Waals surface area contributed by atoms with Crippen molar-refractivity contribution in [2.24, 2.45) is 5.73 Å². The second kappa shape index (κ2) is 21.2. The van der Waals surface area contributed by atoms with Crippen molar-refractivity contribution in [2.75, 3.05) is 26.0 Å². The van der Waals surface area contributed by atoms with Gasteiger partial charge in [0.2, 0.25) is 0 Å². The van der Waals surface area contributed by atoms with Gasteiger partial charge in [-0.2, -0.15) is 0 Å². The van der Waals surface area contributed by atoms with Crippen LogP contribution in [0.5, 0.6) is 0 Å². The lowest BCUT2D eigenvalue weighted by atomic mass is 10.0. The van der Waals surface area contributed by atoms with Gasteiger partial charge in [-0.05, 0) is 88.3 Å². The van der Waals surface area contributed by atoms with E-state index in [1.165, 1.54) is 19.3 Å². The molecule has 0 saturated heterocycles. The maximum Gasteiger partial charge on any atom is 0.152 e. The van der Waals surface area contributed by atoms with Crippen molar-refractivity contribution in [3.8, 4) is 0 Å². The molecule has 0 fully saturated rings. The number of unbranched alkanes of at least 4 members (excludes halogenated alkanes) is 1. The Labute approximate surface area is 266 Å². The van der Waals surface area contributed by atoms with Crippen LogP contribution >= 0.6 is 35.0 Å². The van der Waals surface area contributed by atoms with Crippen LogP contribution in [0.2, 0.25) is 10.0 Å². The van der Waals surface area contributed by atoms with Crippen LogP contribution in [0.1, 0.15) is 79.3 Å². The highest BCUT2D eigenvalue weighted by Gasteiger charge is 2.12. The van der Waals surface area contributed by atoms with Gasteiger partial charge in [-0.1, -0.05) is 56.0 Å². The second-order valence-corrected chi connectivity index (χ2v) is 11.7. The molecule has 1 atom stereocenters. The number of aromatic nitrogens is 1. The molecule has 0 aliphatic rings. The van der Waals surface area contributed by atoms with Crippen molar-refractivity contribution < 1.29 is 9.59 Å². The first kappa shape index (κ1) is 37.5. The average molecular weight is 634 g/mol. The van der Waals surface area contributed by atoms with Crippen molar-refractivity contribution in [1.29, 1.82) is 0 Å². The van der Waals surface area contributed by atoms with Crippen LogP contribution < -0.4 is 16.4 Å². The minimum Gasteiger partial charge on any atom is -0.388 e. The molecule has 3 rings (SSSR count). The van der Waals surface area contributed by atoms with Crippen LogP contribution in [0.15, 0.2) is 47.4 Å². The maximum atomic E-state index is 11.9. The number of nitrogens with one attached hydrogen (secondary N) is 3. The quantitative estimate of drug-likeness (QED) is 0.0651. The van der Waals surface area contributed by atoms with Crippen molar-refractivity contribution in [3.63, 3.8) is 0 Å². The van der Waals surface area contributed by atoms with E-state index in [2.05, 4.69) is 29.5 Å². The third kappa shape index (κ3) is 13.2. The van der Waals surface area contributed by atoms with Crippen LogP contribution in [-0.2, 0) is 10.5 Å². The Morgan fingerprint density at radius 2 is 1.76 bits per heavy atom. The summed E-state index contributed by atoms with van der Waals surface area (Å²) < 4.78 is 0. The number of aromatic amines is 1. The molecule has 2 aromatic carbocycles. The van der Waals surface area contributed by atoms with Crippen molar-refractivity contribution in [1.82, 2.24) is 10.3 Å². The largest absolute Gasteiger partial charge is 0.388 e. The SMILES string of the molecule is CCCC(C)N.CCCCNC.CNc1ccc(SCc2c(Cl)cccc2Cl)cc1/C(C=O)=C/c1[nH]c(C)cc1C=O. The summed E-state index contributed by atoms with van der Waals surface area (Å²) in [6.45, 7) is 9.39. The first-order chi connectivity index (χ1) is 20.1. The van der Waals surface area contributed by atoms with Gasteiger partial charge in [-0.15, -0.1) is 11.8 Å². The van der Waals surface area contributed by atoms with E-state index >= 15 is 0 Å². The fourth-order valence-corrected chi connectivity index (χ4v) is 5.56. The lowest BCUT2D eigenvalue weighted by Crippen LogP contribution is -2.13. The number of carbonyl (C=O) groups is 2. The van der Waals surface area contributed by atoms with Crippen LogP contribution in [0, 0.1) is 6.92 Å². The molecule has 42 heavy (non-hydrogen) atoms. The Morgan fingerprint density at radius 3 is 2.24 bits per heavy atom. The van der Waals surface area contributed by atoms with Gasteiger partial charge >= 0.3 is 0 Å². The average Bonchev–Trinajstić information content (AvgIpc) is 3.33. The summed E-state index contributed by atoms with van der Waals surface area (Å²) in [7, 11) is 3.78. The number of benzene rings is 2. The number of nitrogens with two attached hydrogens (primary N) is 1. The molecule has 0 amide bonds. The molecule has 3 aromatic rings. The number of thioether (sulfide) groups is 1. The van der Waals surface area contributed by atoms with Crippen molar-refractivity contribution in [2.45, 2.75) is 70.1 Å². The minimum absolute atomic E-state index is 0.398. The van der Waals surface area contributed by atoms with E-state index in [9.17, 15) is 9.59 Å². The zero-order chi connectivity index (χ0) is 31.5. The monoisotopic (exact) mass is 632 g/mol. The summed E-state index contributed by atoms with van der Waals surface area (Å²) in [5, 5.41) is 7.44. The molecule has 0 aliphatic carbocycles. The zero-order valence-corrected chi connectivity index (χ0v) is 28.0. The van der Waals surface area contributed by atoms with E-state index in [4.69, 9.17) is 28.9 Å². The van der Waals surface area contributed by atoms with Crippen LogP contribution in [0.4, 0.5) is 5.69 Å². The third-order valence-electron chi connectivity index (χ3n) is 6.11. The van der Waals surface area contributed by atoms with Gasteiger partial charge in [0.15, 0.2) is 12.6 Å². The molecule has 230 valence electrons. The lowest BCUT2D eigenvalue weighted by molar-refractivity contribution is -0.103. The Bertz CT molecular complexity index is 1250. The molecule has 1 heterocycles. The van der Waals surface area contributed by atoms with Gasteiger partial charge in [0, 0.05) is 67.6 Å². The van der Waals surface area contributed by atoms with E-state index in [1.807, 2.05) is 57.3 Å². The normalized spacial score (nSPS) is 11.5. The maximum absolute atomic E-state index is 11.9. The highest BCUT2D eigenvalue weighted by Crippen LogP contribution is 2.34. The molecule has 0 saturated carbocycles. The fraction of sp³-hybridized carbons (Fsp3) is 0.394. The van der Waals surface area contributed by atoms with E-state index in [1.54, 1.807) is 31.0 Å². The molecule has 1 aromatic heterocycles. The van der Waals surface area contributed by atoms with Gasteiger partial charge in [-0.3, -0.25) is 9.59 Å². The standard InChI is InChI=1S/C23H20Cl2N2O2S.2C5H13N/c1-14-8-16(12-29)23(27-14)9-15(11-28)18-10-17(6-7-22(18)26-2)30-13-19-20(24)4-3-5-21(19)25;1-3-4-5-6-2;1-3-4-5(2)6/h3-12,26-27H,13H2,1-2H3;6H,3-5H2,1-2H3;5H,3-4,6H2,1-2H3/b15-9+;;. The predicted octanol–water partition coefficient (Wildman–Crippen LogP) is 8.66. The number of hydrogen-bond donors (Lipinski definition) is 4. The fourth-order valence-electron chi connectivity index (χ4n) is 3.88. The molecule has 0 radical (unpaired) electrons. The number of allylic oxidation sites excluding steroid dienone is 1. The predicted molar refractivity (Wildman–Crippen MR) is 184 cm³/mol. The van der Waals surface area contributed by atoms with E-state index in [-0.39, 0.29) is 0 Å². The summed E-state index contributed by atoms with van der Waals surface area (Å²) in [4.78, 5) is 27.3. The van der Waals surface area contributed by atoms with Crippen LogP contribution in [0.3, 0.4) is 0 Å². The number of carbonyl (C=O) groups excluding carboxylic acids is 2. The van der Waals surface area contributed by atoms with E-state index in [0.29, 0.717) is 38.7 Å². The van der Waals surface area contributed by atoms with Gasteiger partial charge in [0.25, 0.3) is 0 Å². The van der Waals surface area contributed by atoms with Gasteiger partial charge in [-0.25, -0.2) is 0 Å². The number of halogens is 2. The molecular formula is C33H46Cl2N4O2S. The Kier molecular flexibility index (Phi) is 18.9. The third-order valence-corrected chi connectivity index (χ3v) is 7.84. The summed E-state index contributed by atoms with van der Waals surface area (Å²) >= 11 is 14.1. The second-order valence-electron chi connectivity index (χ2n) is 9.83. The zero-order valence-electron chi connectivity index (χ0n) is 25.7. The number of aryl methyl sites for hydroxylation is 1. The number of rotatable bonds is 13. The molecule has 6 nitrogen and oxygen atoms in total. The molecule has 5 N–H and O–H groups in total. The molecule has 9 heteroatoms. The van der Waals surface area contributed by atoms with Crippen LogP contribution in [-0.4, -0.2) is 44.2 Å². The van der Waals surface area contributed by atoms with E-state index < -0.39 is 0 Å². The molecular weight excluding hydrogens is 587 g/mol. The Morgan fingerprint density at radius 1 is 1.07 bits per heavy atom. The Balaban J connectivity index is 0.000000618. The van der Waals surface area contributed by atoms with Gasteiger partial charge in [0.1, 0.15) is 0 Å². The first-order valence-corrected chi connectivity index (χ1v) is 16.0. The lowest BCUT2D eigenvalue weighted by Gasteiger charge is -2.12. The number of H-pyrrole nitrogens is 1. The van der Waals surface area contributed by atoms with Gasteiger partial charge < -0.3 is 21.4 Å². The van der Waals surface area contributed by atoms with Gasteiger partial charge in [0.05, 0.1) is 0 Å². The smallest absolute Gasteiger partial charge is 0.152 e. The topological polar surface area (TPSA) is 100 Å². The van der Waals surface area contributed by atoms with Crippen molar-refractivity contribution >= 4 is 64.9 Å². The summed E-state index contributed by atoms with van der Waals surface area (Å²) in [6, 6.07) is 13.4. The number of hydrogen-bond acceptors (Lipinski definition) is 6. The Hall–Kier alpha value is -2.55. The molecule has 0 bridgehead atoms. The molecule has 1 unspecified atom stereocenters. The first-order valence-electron chi connectivity index (χ1n) is 14.2. The number of aldehydes is 2. The minimum atomic E-state index is 0.398. The van der Waals surface area contributed by atoms with Crippen molar-refractivity contribution in [3.05, 3.63) is 80.6 Å². The molecule has 0 spiro atoms. The van der Waals surface area contributed by atoms with Crippen LogP contribution in [0.25, 0.3) is 11.6 Å². The highest BCUT2D eigenvalue weighted by atomic mass is 35.5. The summed E-state index contributed by atoms with van der Waals surface area (Å²) in [5.41, 5.74) is 10.3. The summed E-state index contributed by atoms with van der Waals surface area (Å²) in [6.07, 6.45) is 8.21. The summed E-state index contributed by atoms with van der Waals surface area (Å²) in [5.74, 6) is 0.599. The van der Waals surface area contributed by atoms with E-state index in [0.717, 1.165) is 52.9 Å². The molecule has 0 aliphatic heterocycles. The highest BCUT2D eigenvalue weighted by molar-refractivity contribution is 7.98. The number of anilines is 1.